The Balaban J connectivity index is 2.33. The molecule has 1 fully saturated rings. The Morgan fingerprint density at radius 1 is 1.28 bits per heavy atom. The number of nitrogens with one attached hydrogen (secondary N) is 2. The van der Waals surface area contributed by atoms with Gasteiger partial charge in [0.15, 0.2) is 0 Å². The van der Waals surface area contributed by atoms with Crippen LogP contribution in [0.2, 0.25) is 0 Å². The van der Waals surface area contributed by atoms with Crippen molar-refractivity contribution < 1.29 is 14.7 Å². The van der Waals surface area contributed by atoms with Crippen molar-refractivity contribution in [3.8, 4) is 0 Å². The molecule has 1 rings (SSSR count). The molecule has 0 spiro atoms. The van der Waals surface area contributed by atoms with Gasteiger partial charge in [-0.25, -0.2) is 14.6 Å². The lowest BCUT2D eigenvalue weighted by atomic mass is 10.2. The summed E-state index contributed by atoms with van der Waals surface area (Å²) in [5.74, 6) is -0.995. The maximum absolute atomic E-state index is 11.6. The van der Waals surface area contributed by atoms with Crippen molar-refractivity contribution in [1.82, 2.24) is 20.7 Å². The zero-order valence-electron chi connectivity index (χ0n) is 11.0. The van der Waals surface area contributed by atoms with Crippen LogP contribution in [0.3, 0.4) is 0 Å². The summed E-state index contributed by atoms with van der Waals surface area (Å²) in [6.07, 6.45) is 1.15. The summed E-state index contributed by atoms with van der Waals surface area (Å²) < 4.78 is 0. The second kappa shape index (κ2) is 7.17. The fourth-order valence-electron chi connectivity index (χ4n) is 1.80. The molecule has 1 unspecified atom stereocenters. The molecule has 0 aromatic carbocycles. The molecule has 0 aromatic heterocycles. The van der Waals surface area contributed by atoms with Crippen molar-refractivity contribution in [3.05, 3.63) is 0 Å². The van der Waals surface area contributed by atoms with Crippen molar-refractivity contribution in [2.24, 2.45) is 0 Å². The highest BCUT2D eigenvalue weighted by Crippen LogP contribution is 1.98. The van der Waals surface area contributed by atoms with E-state index in [-0.39, 0.29) is 0 Å². The van der Waals surface area contributed by atoms with E-state index in [1.807, 2.05) is 14.0 Å². The first kappa shape index (κ1) is 14.7. The Kier molecular flexibility index (Phi) is 5.87. The van der Waals surface area contributed by atoms with Gasteiger partial charge in [0.2, 0.25) is 0 Å². The smallest absolute Gasteiger partial charge is 0.330 e. The Labute approximate surface area is 107 Å². The highest BCUT2D eigenvalue weighted by atomic mass is 16.4. The van der Waals surface area contributed by atoms with E-state index >= 15 is 0 Å². The molecule has 0 bridgehead atoms. The number of amides is 2. The molecule has 1 saturated heterocycles. The minimum Gasteiger partial charge on any atom is -0.480 e. The number of hydrogen-bond acceptors (Lipinski definition) is 4. The molecule has 1 aliphatic rings. The molecule has 3 N–H and O–H groups in total. The highest BCUT2D eigenvalue weighted by Gasteiger charge is 2.21. The number of nitrogens with zero attached hydrogens (tertiary/aromatic N) is 2. The third-order valence-corrected chi connectivity index (χ3v) is 2.94. The van der Waals surface area contributed by atoms with E-state index in [2.05, 4.69) is 15.6 Å². The first-order chi connectivity index (χ1) is 8.52. The second-order valence-corrected chi connectivity index (χ2v) is 4.56. The number of rotatable bonds is 5. The van der Waals surface area contributed by atoms with Crippen molar-refractivity contribution in [2.45, 2.75) is 25.8 Å². The Morgan fingerprint density at radius 3 is 2.39 bits per heavy atom. The van der Waals surface area contributed by atoms with Crippen molar-refractivity contribution in [3.63, 3.8) is 0 Å². The maximum Gasteiger partial charge on any atom is 0.330 e. The Bertz CT molecular complexity index is 290. The van der Waals surface area contributed by atoms with E-state index < -0.39 is 18.0 Å². The van der Waals surface area contributed by atoms with Gasteiger partial charge in [0.05, 0.1) is 0 Å². The number of hydrogen-bond donors (Lipinski definition) is 3. The molecule has 0 aliphatic carbocycles. The van der Waals surface area contributed by atoms with Crippen molar-refractivity contribution in [2.75, 3.05) is 33.2 Å². The number of carbonyl (C=O) groups excluding carboxylic acids is 1. The fourth-order valence-corrected chi connectivity index (χ4v) is 1.80. The maximum atomic E-state index is 11.6. The van der Waals surface area contributed by atoms with Gasteiger partial charge in [-0.3, -0.25) is 5.43 Å². The average molecular weight is 258 g/mol. The molecule has 0 radical (unpaired) electrons. The topological polar surface area (TPSA) is 84.9 Å². The average Bonchev–Trinajstić information content (AvgIpc) is 2.31. The zero-order valence-corrected chi connectivity index (χ0v) is 11.0. The summed E-state index contributed by atoms with van der Waals surface area (Å²) >= 11 is 0. The van der Waals surface area contributed by atoms with Crippen LogP contribution in [0.5, 0.6) is 0 Å². The molecule has 0 aromatic rings. The largest absolute Gasteiger partial charge is 0.480 e. The minimum atomic E-state index is -0.995. The summed E-state index contributed by atoms with van der Waals surface area (Å²) in [6.45, 7) is 5.15. The van der Waals surface area contributed by atoms with Crippen molar-refractivity contribution >= 4 is 12.0 Å². The van der Waals surface area contributed by atoms with Crippen LogP contribution in [0.25, 0.3) is 0 Å². The summed E-state index contributed by atoms with van der Waals surface area (Å²) in [6, 6.07) is -1.26. The molecule has 1 heterocycles. The SMILES string of the molecule is CCCC(NC(=O)NN1CCN(C)CC1)C(=O)O. The lowest BCUT2D eigenvalue weighted by molar-refractivity contribution is -0.139. The van der Waals surface area contributed by atoms with E-state index in [1.54, 1.807) is 5.01 Å². The van der Waals surface area contributed by atoms with Crippen LogP contribution in [-0.4, -0.2) is 66.3 Å². The molecule has 0 saturated carbocycles. The first-order valence-corrected chi connectivity index (χ1v) is 6.26. The molecule has 1 aliphatic heterocycles. The van der Waals surface area contributed by atoms with E-state index in [4.69, 9.17) is 5.11 Å². The minimum absolute atomic E-state index is 0.436. The molecular weight excluding hydrogens is 236 g/mol. The van der Waals surface area contributed by atoms with Crippen molar-refractivity contribution in [1.29, 1.82) is 0 Å². The van der Waals surface area contributed by atoms with Gasteiger partial charge in [0.25, 0.3) is 0 Å². The Morgan fingerprint density at radius 2 is 1.89 bits per heavy atom. The molecular formula is C11H22N4O3. The molecule has 1 atom stereocenters. The number of carboxylic acids is 1. The van der Waals surface area contributed by atoms with Crippen LogP contribution >= 0.6 is 0 Å². The molecule has 7 heteroatoms. The van der Waals surface area contributed by atoms with Gasteiger partial charge in [-0.1, -0.05) is 13.3 Å². The summed E-state index contributed by atoms with van der Waals surface area (Å²) in [5, 5.41) is 13.2. The standard InChI is InChI=1S/C11H22N4O3/c1-3-4-9(10(16)17)12-11(18)13-15-7-5-14(2)6-8-15/h9H,3-8H2,1-2H3,(H,16,17)(H2,12,13,18). The molecule has 104 valence electrons. The molecule has 2 amide bonds. The summed E-state index contributed by atoms with van der Waals surface area (Å²) in [4.78, 5) is 24.7. The third-order valence-electron chi connectivity index (χ3n) is 2.94. The van der Waals surface area contributed by atoms with Crippen LogP contribution in [0.15, 0.2) is 0 Å². The van der Waals surface area contributed by atoms with E-state index in [0.717, 1.165) is 26.2 Å². The predicted octanol–water partition coefficient (Wildman–Crippen LogP) is -0.299. The zero-order chi connectivity index (χ0) is 13.5. The monoisotopic (exact) mass is 258 g/mol. The van der Waals surface area contributed by atoms with Gasteiger partial charge < -0.3 is 15.3 Å². The summed E-state index contributed by atoms with van der Waals surface area (Å²) in [5.41, 5.74) is 2.68. The number of likely N-dealkylation sites (N-methyl/N-ethyl adjacent to an activating group) is 1. The van der Waals surface area contributed by atoms with Crippen LogP contribution in [0.4, 0.5) is 4.79 Å². The number of carbonyl (C=O) groups is 2. The van der Waals surface area contributed by atoms with E-state index in [9.17, 15) is 9.59 Å². The van der Waals surface area contributed by atoms with Crippen LogP contribution in [0.1, 0.15) is 19.8 Å². The molecule has 18 heavy (non-hydrogen) atoms. The highest BCUT2D eigenvalue weighted by molar-refractivity contribution is 5.82. The Hall–Kier alpha value is -1.34. The normalized spacial score (nSPS) is 19.2. The third kappa shape index (κ3) is 4.89. The molecule has 7 nitrogen and oxygen atoms in total. The summed E-state index contributed by atoms with van der Waals surface area (Å²) in [7, 11) is 2.03. The predicted molar refractivity (Wildman–Crippen MR) is 67.1 cm³/mol. The van der Waals surface area contributed by atoms with Crippen LogP contribution in [-0.2, 0) is 4.79 Å². The lowest BCUT2D eigenvalue weighted by Gasteiger charge is -2.32. The van der Waals surface area contributed by atoms with Gasteiger partial charge in [0.1, 0.15) is 6.04 Å². The van der Waals surface area contributed by atoms with Gasteiger partial charge in [-0.05, 0) is 13.5 Å². The quantitative estimate of drug-likeness (QED) is 0.630. The second-order valence-electron chi connectivity index (χ2n) is 4.56. The number of hydrazine groups is 1. The number of urea groups is 1. The number of aliphatic carboxylic acids is 1. The van der Waals surface area contributed by atoms with Crippen LogP contribution < -0.4 is 10.7 Å². The van der Waals surface area contributed by atoms with Gasteiger partial charge >= 0.3 is 12.0 Å². The van der Waals surface area contributed by atoms with Gasteiger partial charge in [-0.2, -0.15) is 0 Å². The van der Waals surface area contributed by atoms with Gasteiger partial charge in [0, 0.05) is 26.2 Å². The van der Waals surface area contributed by atoms with Crippen LogP contribution in [0, 0.1) is 0 Å². The van der Waals surface area contributed by atoms with Gasteiger partial charge in [-0.15, -0.1) is 0 Å². The fraction of sp³-hybridized carbons (Fsp3) is 0.818. The lowest BCUT2D eigenvalue weighted by Crippen LogP contribution is -2.56. The number of piperazine rings is 1. The number of carboxylic acid groups (broad SMARTS) is 1. The first-order valence-electron chi connectivity index (χ1n) is 6.26. The van der Waals surface area contributed by atoms with E-state index in [0.29, 0.717) is 12.8 Å². The van der Waals surface area contributed by atoms with E-state index in [1.165, 1.54) is 0 Å².